The molecular weight excluding hydrogens is 471 g/mol. The van der Waals surface area contributed by atoms with E-state index in [9.17, 15) is 18.8 Å². The molecule has 1 aliphatic heterocycles. The molecule has 0 radical (unpaired) electrons. The van der Waals surface area contributed by atoms with Crippen molar-refractivity contribution in [3.63, 3.8) is 0 Å². The van der Waals surface area contributed by atoms with Gasteiger partial charge in [-0.2, -0.15) is 4.80 Å². The molecule has 5 rings (SSSR count). The number of ether oxygens (including phenoxy) is 2. The molecule has 0 spiro atoms. The van der Waals surface area contributed by atoms with Gasteiger partial charge in [-0.15, -0.1) is 10.2 Å². The highest BCUT2D eigenvalue weighted by molar-refractivity contribution is 5.89. The number of aryl methyl sites for hydroxylation is 1. The Balaban J connectivity index is 1.42. The summed E-state index contributed by atoms with van der Waals surface area (Å²) >= 11 is 0. The summed E-state index contributed by atoms with van der Waals surface area (Å²) in [5, 5.41) is 12.6. The maximum Gasteiger partial charge on any atom is 0.338 e. The van der Waals surface area contributed by atoms with Crippen LogP contribution in [0.25, 0.3) is 11.4 Å². The van der Waals surface area contributed by atoms with Crippen molar-refractivity contribution in [2.45, 2.75) is 31.7 Å². The van der Waals surface area contributed by atoms with E-state index < -0.39 is 35.6 Å². The van der Waals surface area contributed by atoms with Crippen molar-refractivity contribution in [1.82, 2.24) is 29.8 Å². The van der Waals surface area contributed by atoms with Crippen LogP contribution < -0.4 is 11.2 Å². The Bertz CT molecular complexity index is 1500. The number of aromatic amines is 1. The van der Waals surface area contributed by atoms with Gasteiger partial charge in [0.05, 0.1) is 5.56 Å². The Labute approximate surface area is 203 Å². The molecule has 12 heteroatoms. The first-order valence-corrected chi connectivity index (χ1v) is 11.1. The number of rotatable bonds is 6. The Hall–Kier alpha value is -4.45. The highest BCUT2D eigenvalue weighted by Crippen LogP contribution is 2.36. The standard InChI is InChI=1S/C24H21FN6O5/c1-14-12-30(24(34)26-22(14)32)20-11-18(19(36-20)13-35-23(33)16-5-3-2-4-6-16)31-28-21(27-29-31)15-7-9-17(25)10-8-15/h2-10,12,18-20H,11,13H2,1H3,(H,26,32,34)/t18-,19-,20-/m0/s1. The molecule has 2 aromatic heterocycles. The molecule has 1 N–H and O–H groups in total. The third-order valence-corrected chi connectivity index (χ3v) is 5.88. The molecule has 0 saturated carbocycles. The fraction of sp³-hybridized carbons (Fsp3) is 0.250. The minimum absolute atomic E-state index is 0.139. The maximum absolute atomic E-state index is 13.3. The first-order chi connectivity index (χ1) is 17.4. The monoisotopic (exact) mass is 492 g/mol. The van der Waals surface area contributed by atoms with Crippen LogP contribution in [-0.2, 0) is 9.47 Å². The predicted molar refractivity (Wildman–Crippen MR) is 124 cm³/mol. The number of esters is 1. The van der Waals surface area contributed by atoms with Gasteiger partial charge in [0.2, 0.25) is 5.82 Å². The van der Waals surface area contributed by atoms with E-state index in [1.165, 1.54) is 39.8 Å². The van der Waals surface area contributed by atoms with Crippen LogP contribution in [0.1, 0.15) is 34.6 Å². The molecule has 0 aliphatic carbocycles. The molecule has 11 nitrogen and oxygen atoms in total. The zero-order valence-electron chi connectivity index (χ0n) is 19.1. The SMILES string of the molecule is Cc1cn([C@@H]2C[C@H](n3nnc(-c4ccc(F)cc4)n3)[C@H](COC(=O)c3ccccc3)O2)c(=O)[nH]c1=O. The fourth-order valence-electron chi connectivity index (χ4n) is 3.97. The van der Waals surface area contributed by atoms with Crippen LogP contribution in [-0.4, -0.2) is 48.4 Å². The Morgan fingerprint density at radius 3 is 2.67 bits per heavy atom. The minimum Gasteiger partial charge on any atom is -0.459 e. The van der Waals surface area contributed by atoms with E-state index in [4.69, 9.17) is 9.47 Å². The number of hydrogen-bond acceptors (Lipinski definition) is 8. The number of H-pyrrole nitrogens is 1. The summed E-state index contributed by atoms with van der Waals surface area (Å²) in [7, 11) is 0. The average Bonchev–Trinajstić information content (AvgIpc) is 3.53. The van der Waals surface area contributed by atoms with Crippen molar-refractivity contribution in [1.29, 1.82) is 0 Å². The lowest BCUT2D eigenvalue weighted by Gasteiger charge is -2.17. The van der Waals surface area contributed by atoms with Crippen LogP contribution in [0.3, 0.4) is 0 Å². The third-order valence-electron chi connectivity index (χ3n) is 5.88. The number of tetrazole rings is 1. The lowest BCUT2D eigenvalue weighted by Crippen LogP contribution is -2.33. The lowest BCUT2D eigenvalue weighted by molar-refractivity contribution is -0.0419. The molecule has 3 heterocycles. The average molecular weight is 492 g/mol. The first kappa shape index (κ1) is 23.3. The first-order valence-electron chi connectivity index (χ1n) is 11.1. The normalized spacial score (nSPS) is 19.3. The second-order valence-corrected chi connectivity index (χ2v) is 8.32. The Kier molecular flexibility index (Phi) is 6.25. The van der Waals surface area contributed by atoms with E-state index in [2.05, 4.69) is 20.4 Å². The van der Waals surface area contributed by atoms with Crippen LogP contribution in [0.4, 0.5) is 4.39 Å². The Morgan fingerprint density at radius 2 is 1.92 bits per heavy atom. The number of aromatic nitrogens is 6. The molecule has 0 amide bonds. The van der Waals surface area contributed by atoms with Gasteiger partial charge in [0.15, 0.2) is 0 Å². The maximum atomic E-state index is 13.3. The summed E-state index contributed by atoms with van der Waals surface area (Å²) in [5.74, 6) is -0.646. The van der Waals surface area contributed by atoms with Gasteiger partial charge >= 0.3 is 11.7 Å². The summed E-state index contributed by atoms with van der Waals surface area (Å²) in [4.78, 5) is 40.4. The van der Waals surface area contributed by atoms with E-state index in [1.54, 1.807) is 37.3 Å². The van der Waals surface area contributed by atoms with Gasteiger partial charge in [-0.1, -0.05) is 18.2 Å². The smallest absolute Gasteiger partial charge is 0.338 e. The summed E-state index contributed by atoms with van der Waals surface area (Å²) in [6, 6.07) is 13.6. The topological polar surface area (TPSA) is 134 Å². The number of benzene rings is 2. The van der Waals surface area contributed by atoms with Crippen molar-refractivity contribution >= 4 is 5.97 Å². The van der Waals surface area contributed by atoms with E-state index in [0.717, 1.165) is 0 Å². The fourth-order valence-corrected chi connectivity index (χ4v) is 3.97. The minimum atomic E-state index is -0.779. The van der Waals surface area contributed by atoms with Crippen LogP contribution in [0, 0.1) is 12.7 Å². The molecule has 2 aromatic carbocycles. The van der Waals surface area contributed by atoms with Gasteiger partial charge in [0, 0.05) is 23.7 Å². The highest BCUT2D eigenvalue weighted by atomic mass is 19.1. The van der Waals surface area contributed by atoms with Crippen molar-refractivity contribution in [3.8, 4) is 11.4 Å². The number of nitrogens with one attached hydrogen (secondary N) is 1. The van der Waals surface area contributed by atoms with Crippen molar-refractivity contribution in [2.75, 3.05) is 6.61 Å². The van der Waals surface area contributed by atoms with E-state index in [0.29, 0.717) is 16.7 Å². The number of hydrogen-bond donors (Lipinski definition) is 1. The Morgan fingerprint density at radius 1 is 1.17 bits per heavy atom. The summed E-state index contributed by atoms with van der Waals surface area (Å²) in [6.45, 7) is 1.44. The van der Waals surface area contributed by atoms with Crippen LogP contribution in [0.2, 0.25) is 0 Å². The second-order valence-electron chi connectivity index (χ2n) is 8.32. The quantitative estimate of drug-likeness (QED) is 0.404. The van der Waals surface area contributed by atoms with Gasteiger partial charge < -0.3 is 9.47 Å². The number of nitrogens with zero attached hydrogens (tertiary/aromatic N) is 5. The van der Waals surface area contributed by atoms with Gasteiger partial charge in [-0.05, 0) is 48.5 Å². The molecule has 184 valence electrons. The molecule has 3 atom stereocenters. The number of carbonyl (C=O) groups excluding carboxylic acids is 1. The highest BCUT2D eigenvalue weighted by Gasteiger charge is 2.40. The molecule has 0 bridgehead atoms. The molecule has 1 aliphatic rings. The van der Waals surface area contributed by atoms with Crippen molar-refractivity contribution < 1.29 is 18.7 Å². The summed E-state index contributed by atoms with van der Waals surface area (Å²) < 4.78 is 26.2. The summed E-state index contributed by atoms with van der Waals surface area (Å²) in [6.07, 6.45) is 0.147. The lowest BCUT2D eigenvalue weighted by atomic mass is 10.1. The van der Waals surface area contributed by atoms with Gasteiger partial charge in [0.1, 0.15) is 30.8 Å². The van der Waals surface area contributed by atoms with Crippen molar-refractivity contribution in [2.24, 2.45) is 0 Å². The van der Waals surface area contributed by atoms with E-state index >= 15 is 0 Å². The predicted octanol–water partition coefficient (Wildman–Crippen LogP) is 2.02. The molecule has 4 aromatic rings. The van der Waals surface area contributed by atoms with Crippen molar-refractivity contribution in [3.05, 3.63) is 98.6 Å². The zero-order valence-corrected chi connectivity index (χ0v) is 19.1. The zero-order chi connectivity index (χ0) is 25.2. The number of halogens is 1. The van der Waals surface area contributed by atoms with E-state index in [-0.39, 0.29) is 24.7 Å². The molecule has 1 saturated heterocycles. The van der Waals surface area contributed by atoms with Crippen LogP contribution >= 0.6 is 0 Å². The molecule has 1 fully saturated rings. The van der Waals surface area contributed by atoms with Crippen LogP contribution in [0.15, 0.2) is 70.4 Å². The van der Waals surface area contributed by atoms with Gasteiger partial charge in [-0.3, -0.25) is 14.3 Å². The van der Waals surface area contributed by atoms with E-state index in [1.807, 2.05) is 0 Å². The second kappa shape index (κ2) is 9.66. The van der Waals surface area contributed by atoms with Crippen LogP contribution in [0.5, 0.6) is 0 Å². The summed E-state index contributed by atoms with van der Waals surface area (Å²) in [5.41, 5.74) is 0.174. The molecule has 36 heavy (non-hydrogen) atoms. The molecule has 0 unspecified atom stereocenters. The third kappa shape index (κ3) is 4.70. The van der Waals surface area contributed by atoms with Gasteiger partial charge in [-0.25, -0.2) is 14.0 Å². The molecular formula is C24H21FN6O5. The van der Waals surface area contributed by atoms with Gasteiger partial charge in [0.25, 0.3) is 5.56 Å². The largest absolute Gasteiger partial charge is 0.459 e. The number of carbonyl (C=O) groups is 1.